The van der Waals surface area contributed by atoms with Crippen LogP contribution in [0.3, 0.4) is 0 Å². The molecule has 0 amide bonds. The fourth-order valence-electron chi connectivity index (χ4n) is 1.65. The van der Waals surface area contributed by atoms with E-state index in [-0.39, 0.29) is 11.5 Å². The molecule has 0 aliphatic rings. The second kappa shape index (κ2) is 9.71. The van der Waals surface area contributed by atoms with Crippen LogP contribution in [0.2, 0.25) is 0 Å². The quantitative estimate of drug-likeness (QED) is 0.491. The number of hydrogen-bond acceptors (Lipinski definition) is 4. The maximum absolute atomic E-state index is 11.7. The minimum atomic E-state index is -4.14. The molecule has 0 aliphatic heterocycles. The van der Waals surface area contributed by atoms with Crippen LogP contribution in [0, 0.1) is 5.41 Å². The molecule has 136 valence electrons. The summed E-state index contributed by atoms with van der Waals surface area (Å²) in [4.78, 5) is 13.0. The SMILES string of the molecule is CN(C)C(=N)N(C)C.O=P(O)(Oc1ccccc1)Oc1ccccc1. The lowest BCUT2D eigenvalue weighted by atomic mass is 10.3. The van der Waals surface area contributed by atoms with Crippen LogP contribution in [0.25, 0.3) is 0 Å². The number of para-hydroxylation sites is 2. The summed E-state index contributed by atoms with van der Waals surface area (Å²) in [7, 11) is 3.26. The topological polar surface area (TPSA) is 86.1 Å². The summed E-state index contributed by atoms with van der Waals surface area (Å²) in [6, 6.07) is 16.7. The molecule has 2 rings (SSSR count). The van der Waals surface area contributed by atoms with Crippen molar-refractivity contribution in [1.29, 1.82) is 5.41 Å². The van der Waals surface area contributed by atoms with E-state index >= 15 is 0 Å². The molecule has 0 saturated heterocycles. The van der Waals surface area contributed by atoms with Gasteiger partial charge in [0.15, 0.2) is 5.96 Å². The standard InChI is InChI=1S/C12H11O4P.C5H13N3/c13-17(14,15-11-7-3-1-4-8-11)16-12-9-5-2-6-10-12;1-7(2)5(6)8(3)4/h1-10H,(H,13,14);6H,1-4H3. The average Bonchev–Trinajstić information content (AvgIpc) is 2.55. The number of phosphoric ester groups is 1. The van der Waals surface area contributed by atoms with Gasteiger partial charge in [0.25, 0.3) is 0 Å². The molecule has 0 aliphatic carbocycles. The van der Waals surface area contributed by atoms with Crippen molar-refractivity contribution in [3.63, 3.8) is 0 Å². The maximum atomic E-state index is 11.7. The Hall–Kier alpha value is -2.50. The highest BCUT2D eigenvalue weighted by Crippen LogP contribution is 2.44. The van der Waals surface area contributed by atoms with E-state index in [1.807, 2.05) is 28.2 Å². The molecule has 2 aromatic rings. The summed E-state index contributed by atoms with van der Waals surface area (Å²) in [6.07, 6.45) is 0. The van der Waals surface area contributed by atoms with Crippen LogP contribution in [0.5, 0.6) is 11.5 Å². The van der Waals surface area contributed by atoms with Gasteiger partial charge in [-0.3, -0.25) is 10.3 Å². The molecule has 0 bridgehead atoms. The first-order valence-electron chi connectivity index (χ1n) is 7.46. The molecule has 2 aromatic carbocycles. The molecule has 0 unspecified atom stereocenters. The first-order valence-corrected chi connectivity index (χ1v) is 8.96. The summed E-state index contributed by atoms with van der Waals surface area (Å²) < 4.78 is 21.5. The predicted molar refractivity (Wildman–Crippen MR) is 99.1 cm³/mol. The van der Waals surface area contributed by atoms with Crippen molar-refractivity contribution < 1.29 is 18.5 Å². The molecule has 0 spiro atoms. The Balaban J connectivity index is 0.000000333. The van der Waals surface area contributed by atoms with Gasteiger partial charge >= 0.3 is 7.82 Å². The van der Waals surface area contributed by atoms with Crippen LogP contribution in [0.1, 0.15) is 0 Å². The number of nitrogens with zero attached hydrogens (tertiary/aromatic N) is 2. The highest BCUT2D eigenvalue weighted by Gasteiger charge is 2.24. The number of nitrogens with one attached hydrogen (secondary N) is 1. The Morgan fingerprint density at radius 3 is 1.40 bits per heavy atom. The van der Waals surface area contributed by atoms with Crippen LogP contribution in [0.15, 0.2) is 60.7 Å². The summed E-state index contributed by atoms with van der Waals surface area (Å²) in [5.74, 6) is 1.09. The number of phosphoric acid groups is 1. The largest absolute Gasteiger partial charge is 0.584 e. The molecule has 25 heavy (non-hydrogen) atoms. The number of guanidine groups is 1. The van der Waals surface area contributed by atoms with Gasteiger partial charge in [-0.25, -0.2) is 4.57 Å². The van der Waals surface area contributed by atoms with Crippen LogP contribution < -0.4 is 9.05 Å². The van der Waals surface area contributed by atoms with Gasteiger partial charge in [0.2, 0.25) is 0 Å². The fourth-order valence-corrected chi connectivity index (χ4v) is 2.46. The van der Waals surface area contributed by atoms with E-state index in [9.17, 15) is 9.46 Å². The lowest BCUT2D eigenvalue weighted by molar-refractivity contribution is 0.291. The van der Waals surface area contributed by atoms with Gasteiger partial charge < -0.3 is 18.8 Å². The van der Waals surface area contributed by atoms with E-state index in [2.05, 4.69) is 0 Å². The Kier molecular flexibility index (Phi) is 7.98. The second-order valence-corrected chi connectivity index (χ2v) is 6.69. The minimum Gasteiger partial charge on any atom is -0.395 e. The molecule has 2 N–H and O–H groups in total. The smallest absolute Gasteiger partial charge is 0.395 e. The van der Waals surface area contributed by atoms with Gasteiger partial charge in [-0.15, -0.1) is 0 Å². The van der Waals surface area contributed by atoms with Crippen molar-refractivity contribution in [3.8, 4) is 11.5 Å². The van der Waals surface area contributed by atoms with Crippen molar-refractivity contribution >= 4 is 13.8 Å². The lowest BCUT2D eigenvalue weighted by Crippen LogP contribution is -2.34. The zero-order valence-electron chi connectivity index (χ0n) is 14.8. The zero-order valence-corrected chi connectivity index (χ0v) is 15.7. The predicted octanol–water partition coefficient (Wildman–Crippen LogP) is 3.29. The van der Waals surface area contributed by atoms with Crippen LogP contribution in [-0.2, 0) is 4.57 Å². The van der Waals surface area contributed by atoms with Crippen molar-refractivity contribution in [2.24, 2.45) is 0 Å². The molecule has 8 heteroatoms. The third-order valence-electron chi connectivity index (χ3n) is 2.78. The Bertz CT molecular complexity index is 638. The Morgan fingerprint density at radius 2 is 1.16 bits per heavy atom. The van der Waals surface area contributed by atoms with Crippen LogP contribution in [-0.4, -0.2) is 48.8 Å². The van der Waals surface area contributed by atoms with Gasteiger partial charge in [-0.1, -0.05) is 36.4 Å². The molecule has 0 saturated carbocycles. The van der Waals surface area contributed by atoms with E-state index in [1.165, 1.54) is 0 Å². The molecule has 0 fully saturated rings. The van der Waals surface area contributed by atoms with E-state index in [4.69, 9.17) is 14.5 Å². The first-order chi connectivity index (χ1) is 11.7. The third-order valence-corrected chi connectivity index (χ3v) is 3.66. The van der Waals surface area contributed by atoms with E-state index < -0.39 is 7.82 Å². The average molecular weight is 365 g/mol. The van der Waals surface area contributed by atoms with Crippen molar-refractivity contribution in [3.05, 3.63) is 60.7 Å². The van der Waals surface area contributed by atoms with E-state index in [0.717, 1.165) is 0 Å². The van der Waals surface area contributed by atoms with Gasteiger partial charge in [0.05, 0.1) is 0 Å². The Labute approximate surface area is 148 Å². The third kappa shape index (κ3) is 8.24. The molecule has 7 nitrogen and oxygen atoms in total. The summed E-state index contributed by atoms with van der Waals surface area (Å²) in [6.45, 7) is 0. The molecule has 0 radical (unpaired) electrons. The Morgan fingerprint density at radius 1 is 0.840 bits per heavy atom. The highest BCUT2D eigenvalue weighted by atomic mass is 31.2. The van der Waals surface area contributed by atoms with Gasteiger partial charge in [-0.2, -0.15) is 0 Å². The van der Waals surface area contributed by atoms with Crippen LogP contribution >= 0.6 is 7.82 Å². The zero-order chi connectivity index (χ0) is 18.9. The lowest BCUT2D eigenvalue weighted by Gasteiger charge is -2.19. The highest BCUT2D eigenvalue weighted by molar-refractivity contribution is 7.48. The van der Waals surface area contributed by atoms with Crippen LogP contribution in [0.4, 0.5) is 0 Å². The van der Waals surface area contributed by atoms with Crippen molar-refractivity contribution in [2.75, 3.05) is 28.2 Å². The second-order valence-electron chi connectivity index (χ2n) is 5.39. The first kappa shape index (κ1) is 20.5. The minimum absolute atomic E-state index is 0.286. The monoisotopic (exact) mass is 365 g/mol. The molecule has 0 aromatic heterocycles. The van der Waals surface area contributed by atoms with Gasteiger partial charge in [0, 0.05) is 28.2 Å². The van der Waals surface area contributed by atoms with Crippen molar-refractivity contribution in [1.82, 2.24) is 9.80 Å². The fraction of sp³-hybridized carbons (Fsp3) is 0.235. The van der Waals surface area contributed by atoms with E-state index in [1.54, 1.807) is 70.5 Å². The molecular formula is C17H24N3O4P. The molecule has 0 atom stereocenters. The van der Waals surface area contributed by atoms with Gasteiger partial charge in [-0.05, 0) is 24.3 Å². The summed E-state index contributed by atoms with van der Waals surface area (Å²) in [5, 5.41) is 7.25. The van der Waals surface area contributed by atoms with Gasteiger partial charge in [0.1, 0.15) is 11.5 Å². The summed E-state index contributed by atoms with van der Waals surface area (Å²) in [5.41, 5.74) is 0. The number of benzene rings is 2. The normalized spacial score (nSPS) is 10.1. The van der Waals surface area contributed by atoms with Crippen molar-refractivity contribution in [2.45, 2.75) is 0 Å². The van der Waals surface area contributed by atoms with E-state index in [0.29, 0.717) is 5.96 Å². The maximum Gasteiger partial charge on any atom is 0.584 e. The summed E-state index contributed by atoms with van der Waals surface area (Å²) >= 11 is 0. The molecule has 0 heterocycles. The number of hydrogen-bond donors (Lipinski definition) is 2. The molecular weight excluding hydrogens is 341 g/mol. The number of rotatable bonds is 4.